The molecule has 0 bridgehead atoms. The van der Waals surface area contributed by atoms with E-state index in [-0.39, 0.29) is 11.7 Å². The summed E-state index contributed by atoms with van der Waals surface area (Å²) in [5.41, 5.74) is 10.8. The van der Waals surface area contributed by atoms with Crippen molar-refractivity contribution < 1.29 is 4.79 Å². The molecular formula is C24H27N3OP+. The third-order valence-corrected chi connectivity index (χ3v) is 9.28. The standard InChI is InChI=1S/C24H27N3OP/c25-24(26)27-18-10-11-20(28)19-29(21-12-4-1-5-13-21,22-14-6-2-7-15-22)23-16-8-3-9-17-23/h1-9,12-17H,10-11,18-19H2,(H4,25,26,27)/q+1. The number of aliphatic imine (C=N–C) groups is 1. The number of carbonyl (C=O) groups excluding carboxylic acids is 1. The van der Waals surface area contributed by atoms with Crippen molar-refractivity contribution in [2.24, 2.45) is 16.5 Å². The van der Waals surface area contributed by atoms with E-state index in [1.807, 2.05) is 18.2 Å². The highest BCUT2D eigenvalue weighted by atomic mass is 31.2. The first-order valence-corrected chi connectivity index (χ1v) is 11.7. The Morgan fingerprint density at radius 1 is 0.724 bits per heavy atom. The highest BCUT2D eigenvalue weighted by molar-refractivity contribution is 7.96. The second kappa shape index (κ2) is 9.99. The number of Topliss-reactive ketones (excluding diaryl/α,β-unsaturated/α-hetero) is 1. The first kappa shape index (κ1) is 20.8. The van der Waals surface area contributed by atoms with Crippen LogP contribution in [0.5, 0.6) is 0 Å². The lowest BCUT2D eigenvalue weighted by Gasteiger charge is -2.27. The maximum atomic E-state index is 13.1. The van der Waals surface area contributed by atoms with Gasteiger partial charge >= 0.3 is 0 Å². The maximum Gasteiger partial charge on any atom is 0.185 e. The molecule has 0 aliphatic rings. The average Bonchev–Trinajstić information content (AvgIpc) is 2.77. The van der Waals surface area contributed by atoms with Gasteiger partial charge in [-0.1, -0.05) is 54.6 Å². The fraction of sp³-hybridized carbons (Fsp3) is 0.167. The van der Waals surface area contributed by atoms with Crippen LogP contribution in [0.1, 0.15) is 12.8 Å². The highest BCUT2D eigenvalue weighted by Gasteiger charge is 2.46. The number of benzene rings is 3. The highest BCUT2D eigenvalue weighted by Crippen LogP contribution is 2.55. The monoisotopic (exact) mass is 404 g/mol. The van der Waals surface area contributed by atoms with Gasteiger partial charge in [-0.2, -0.15) is 0 Å². The van der Waals surface area contributed by atoms with Crippen molar-refractivity contribution in [1.82, 2.24) is 0 Å². The summed E-state index contributed by atoms with van der Waals surface area (Å²) in [5.74, 6) is 0.304. The molecule has 0 fully saturated rings. The summed E-state index contributed by atoms with van der Waals surface area (Å²) in [6.45, 7) is 0.474. The topological polar surface area (TPSA) is 81.5 Å². The zero-order valence-corrected chi connectivity index (χ0v) is 17.3. The molecule has 0 saturated heterocycles. The normalized spacial score (nSPS) is 11.0. The van der Waals surface area contributed by atoms with Crippen LogP contribution >= 0.6 is 7.26 Å². The molecule has 0 aliphatic heterocycles. The van der Waals surface area contributed by atoms with E-state index in [9.17, 15) is 4.79 Å². The molecule has 0 heterocycles. The van der Waals surface area contributed by atoms with E-state index >= 15 is 0 Å². The van der Waals surface area contributed by atoms with Crippen LogP contribution < -0.4 is 27.4 Å². The van der Waals surface area contributed by atoms with E-state index < -0.39 is 7.26 Å². The van der Waals surface area contributed by atoms with Gasteiger partial charge in [0, 0.05) is 13.0 Å². The Hall–Kier alpha value is -2.97. The first-order chi connectivity index (χ1) is 14.1. The van der Waals surface area contributed by atoms with Crippen LogP contribution in [0.4, 0.5) is 0 Å². The van der Waals surface area contributed by atoms with Crippen molar-refractivity contribution in [2.75, 3.05) is 12.7 Å². The summed E-state index contributed by atoms with van der Waals surface area (Å²) < 4.78 is 0. The number of nitrogens with two attached hydrogens (primary N) is 2. The van der Waals surface area contributed by atoms with E-state index in [0.29, 0.717) is 25.5 Å². The van der Waals surface area contributed by atoms with Gasteiger partial charge < -0.3 is 11.5 Å². The predicted molar refractivity (Wildman–Crippen MR) is 125 cm³/mol. The molecule has 4 nitrogen and oxygen atoms in total. The Bertz CT molecular complexity index is 843. The molecule has 4 N–H and O–H groups in total. The number of nitrogens with zero attached hydrogens (tertiary/aromatic N) is 1. The fourth-order valence-electron chi connectivity index (χ4n) is 3.60. The van der Waals surface area contributed by atoms with Crippen molar-refractivity contribution in [3.63, 3.8) is 0 Å². The lowest BCUT2D eigenvalue weighted by atomic mass is 10.2. The summed E-state index contributed by atoms with van der Waals surface area (Å²) in [7, 11) is -2.11. The lowest BCUT2D eigenvalue weighted by molar-refractivity contribution is -0.116. The Labute approximate surface area is 173 Å². The summed E-state index contributed by atoms with van der Waals surface area (Å²) in [5, 5.41) is 3.65. The van der Waals surface area contributed by atoms with Gasteiger partial charge in [-0.15, -0.1) is 0 Å². The van der Waals surface area contributed by atoms with E-state index in [0.717, 1.165) is 0 Å². The number of hydrogen-bond acceptors (Lipinski definition) is 2. The molecule has 0 saturated carbocycles. The fourth-order valence-corrected chi connectivity index (χ4v) is 7.77. The smallest absolute Gasteiger partial charge is 0.185 e. The van der Waals surface area contributed by atoms with E-state index in [1.54, 1.807) is 0 Å². The molecule has 0 unspecified atom stereocenters. The van der Waals surface area contributed by atoms with Gasteiger partial charge in [-0.25, -0.2) is 0 Å². The second-order valence-corrected chi connectivity index (χ2v) is 10.4. The van der Waals surface area contributed by atoms with Crippen LogP contribution in [0.3, 0.4) is 0 Å². The quantitative estimate of drug-likeness (QED) is 0.249. The first-order valence-electron chi connectivity index (χ1n) is 9.75. The minimum Gasteiger partial charge on any atom is -0.370 e. The van der Waals surface area contributed by atoms with E-state index in [2.05, 4.69) is 77.8 Å². The molecular weight excluding hydrogens is 377 g/mol. The molecule has 0 aliphatic carbocycles. The zero-order chi connectivity index (χ0) is 20.5. The van der Waals surface area contributed by atoms with Gasteiger partial charge in [-0.3, -0.25) is 9.79 Å². The van der Waals surface area contributed by atoms with Crippen molar-refractivity contribution in [1.29, 1.82) is 0 Å². The average molecular weight is 404 g/mol. The van der Waals surface area contributed by atoms with Crippen molar-refractivity contribution >= 4 is 34.9 Å². The van der Waals surface area contributed by atoms with E-state index in [4.69, 9.17) is 11.5 Å². The molecule has 0 aromatic heterocycles. The molecule has 3 aromatic rings. The Kier molecular flexibility index (Phi) is 7.15. The largest absolute Gasteiger partial charge is 0.370 e. The van der Waals surface area contributed by atoms with Crippen LogP contribution in [0, 0.1) is 0 Å². The van der Waals surface area contributed by atoms with Gasteiger partial charge in [0.2, 0.25) is 0 Å². The van der Waals surface area contributed by atoms with Crippen LogP contribution in [-0.2, 0) is 4.79 Å². The minimum atomic E-state index is -2.11. The van der Waals surface area contributed by atoms with Crippen LogP contribution in [0.2, 0.25) is 0 Å². The summed E-state index contributed by atoms with van der Waals surface area (Å²) in [6.07, 6.45) is 1.60. The van der Waals surface area contributed by atoms with Gasteiger partial charge in [0.25, 0.3) is 0 Å². The number of guanidine groups is 1. The van der Waals surface area contributed by atoms with Crippen molar-refractivity contribution in [3.8, 4) is 0 Å². The Morgan fingerprint density at radius 2 is 1.14 bits per heavy atom. The maximum absolute atomic E-state index is 13.1. The molecule has 0 spiro atoms. The zero-order valence-electron chi connectivity index (χ0n) is 16.4. The summed E-state index contributed by atoms with van der Waals surface area (Å²) in [6, 6.07) is 31.3. The number of ketones is 1. The third-order valence-electron chi connectivity index (χ3n) is 4.91. The van der Waals surface area contributed by atoms with Gasteiger partial charge in [0.05, 0.1) is 0 Å². The van der Waals surface area contributed by atoms with Gasteiger partial charge in [0.15, 0.2) is 11.7 Å². The molecule has 29 heavy (non-hydrogen) atoms. The van der Waals surface area contributed by atoms with Gasteiger partial charge in [-0.05, 0) is 42.8 Å². The summed E-state index contributed by atoms with van der Waals surface area (Å²) in [4.78, 5) is 17.1. The minimum absolute atomic E-state index is 0.0668. The van der Waals surface area contributed by atoms with Crippen molar-refractivity contribution in [3.05, 3.63) is 91.0 Å². The Morgan fingerprint density at radius 3 is 1.52 bits per heavy atom. The predicted octanol–water partition coefficient (Wildman–Crippen LogP) is 2.60. The molecule has 148 valence electrons. The van der Waals surface area contributed by atoms with Crippen LogP contribution in [0.25, 0.3) is 0 Å². The number of carbonyl (C=O) groups is 1. The molecule has 3 rings (SSSR count). The molecule has 0 atom stereocenters. The Balaban J connectivity index is 2.03. The second-order valence-electron chi connectivity index (χ2n) is 6.92. The summed E-state index contributed by atoms with van der Waals surface area (Å²) >= 11 is 0. The number of hydrogen-bond donors (Lipinski definition) is 2. The van der Waals surface area contributed by atoms with Crippen LogP contribution in [0.15, 0.2) is 96.0 Å². The lowest BCUT2D eigenvalue weighted by Crippen LogP contribution is -2.35. The molecule has 3 aromatic carbocycles. The van der Waals surface area contributed by atoms with Crippen molar-refractivity contribution in [2.45, 2.75) is 12.8 Å². The molecule has 0 amide bonds. The third kappa shape index (κ3) is 5.10. The number of rotatable bonds is 9. The van der Waals surface area contributed by atoms with Crippen LogP contribution in [-0.4, -0.2) is 24.4 Å². The SMILES string of the molecule is NC(N)=NCCCC(=O)C[P+](c1ccccc1)(c1ccccc1)c1ccccc1. The molecule has 0 radical (unpaired) electrons. The molecule has 5 heteroatoms. The van der Waals surface area contributed by atoms with E-state index in [1.165, 1.54) is 15.9 Å². The van der Waals surface area contributed by atoms with Gasteiger partial charge in [0.1, 0.15) is 29.3 Å².